The normalized spacial score (nSPS) is 24.8. The predicted molar refractivity (Wildman–Crippen MR) is 259 cm³/mol. The standard InChI is InChI=1S/C45H82N14O12/c1-24(2)21-33-43(69)53-28(11-8-16-46)39(65)55-31(14-19-49)42(68)59-36(25(3)60)44(70)50-20-15-32(41(67)54-29(12-17-47)38(64)51-23-35(63)52-33)56-40(66)30(13-18-48)57-45(71)37(26(4)61)58-34(62)22-27-9-6-5-7-10-27/h24-33,36-37,60-61H,5-23,46-49H2,1-4H3,(H,50,70)(H,51,64)(H,52,63)(H,53,69)(H,54,67)(H,55,65)(H,56,66)(H,57,71)(H,58,62)(H,59,68)/t25?,26?,28-,29-,30-,31-,32-,33-,36-,37-/m0/s1. The molecule has 1 aliphatic carbocycles. The minimum atomic E-state index is -1.64. The van der Waals surface area contributed by atoms with Crippen molar-refractivity contribution in [1.29, 1.82) is 0 Å². The van der Waals surface area contributed by atoms with Gasteiger partial charge in [0, 0.05) is 13.0 Å². The van der Waals surface area contributed by atoms with Crippen LogP contribution in [-0.4, -0.2) is 169 Å². The lowest BCUT2D eigenvalue weighted by Crippen LogP contribution is -2.61. The first-order valence-corrected chi connectivity index (χ1v) is 24.8. The molecule has 1 aliphatic heterocycles. The molecule has 26 nitrogen and oxygen atoms in total. The minimum Gasteiger partial charge on any atom is -0.391 e. The number of aliphatic hydroxyl groups is 2. The summed E-state index contributed by atoms with van der Waals surface area (Å²) in [5, 5.41) is 46.3. The van der Waals surface area contributed by atoms with Gasteiger partial charge in [0.25, 0.3) is 0 Å². The Morgan fingerprint density at radius 3 is 1.76 bits per heavy atom. The maximum atomic E-state index is 14.1. The number of hydrogen-bond donors (Lipinski definition) is 16. The van der Waals surface area contributed by atoms with Gasteiger partial charge in [-0.3, -0.25) is 47.9 Å². The number of hydrogen-bond acceptors (Lipinski definition) is 16. The first-order valence-electron chi connectivity index (χ1n) is 24.8. The van der Waals surface area contributed by atoms with E-state index in [2.05, 4.69) is 53.2 Å². The van der Waals surface area contributed by atoms with Gasteiger partial charge in [-0.1, -0.05) is 33.1 Å². The Morgan fingerprint density at radius 1 is 0.620 bits per heavy atom. The fourth-order valence-electron chi connectivity index (χ4n) is 8.16. The molecule has 10 atom stereocenters. The van der Waals surface area contributed by atoms with Crippen LogP contribution in [-0.2, 0) is 47.9 Å². The fraction of sp³-hybridized carbons (Fsp3) is 0.778. The highest BCUT2D eigenvalue weighted by Crippen LogP contribution is 2.26. The van der Waals surface area contributed by atoms with E-state index >= 15 is 0 Å². The van der Waals surface area contributed by atoms with Crippen LogP contribution in [0.3, 0.4) is 0 Å². The maximum Gasteiger partial charge on any atom is 0.245 e. The van der Waals surface area contributed by atoms with Gasteiger partial charge >= 0.3 is 0 Å². The summed E-state index contributed by atoms with van der Waals surface area (Å²) in [5.74, 6) is -8.41. The van der Waals surface area contributed by atoms with Crippen molar-refractivity contribution in [2.45, 2.75) is 172 Å². The molecule has 0 bridgehead atoms. The fourth-order valence-corrected chi connectivity index (χ4v) is 8.16. The van der Waals surface area contributed by atoms with Crippen LogP contribution in [0.25, 0.3) is 0 Å². The maximum absolute atomic E-state index is 14.1. The number of nitrogens with one attached hydrogen (secondary N) is 10. The summed E-state index contributed by atoms with van der Waals surface area (Å²) >= 11 is 0. The third-order valence-corrected chi connectivity index (χ3v) is 12.1. The summed E-state index contributed by atoms with van der Waals surface area (Å²) < 4.78 is 0. The summed E-state index contributed by atoms with van der Waals surface area (Å²) in [6.45, 7) is 4.76. The molecule has 2 fully saturated rings. The molecular weight excluding hydrogens is 929 g/mol. The van der Waals surface area contributed by atoms with Gasteiger partial charge in [-0.15, -0.1) is 0 Å². The quantitative estimate of drug-likeness (QED) is 0.0540. The van der Waals surface area contributed by atoms with E-state index in [-0.39, 0.29) is 83.0 Å². The van der Waals surface area contributed by atoms with Gasteiger partial charge in [-0.2, -0.15) is 0 Å². The molecule has 20 N–H and O–H groups in total. The number of carbonyl (C=O) groups excluding carboxylic acids is 10. The van der Waals surface area contributed by atoms with Crippen LogP contribution in [0, 0.1) is 11.8 Å². The number of aliphatic hydroxyl groups excluding tert-OH is 2. The Labute approximate surface area is 415 Å². The second-order valence-electron chi connectivity index (χ2n) is 18.7. The van der Waals surface area contributed by atoms with E-state index in [9.17, 15) is 58.2 Å². The average molecular weight is 1010 g/mol. The van der Waals surface area contributed by atoms with Crippen molar-refractivity contribution in [3.63, 3.8) is 0 Å². The van der Waals surface area contributed by atoms with Gasteiger partial charge in [-0.25, -0.2) is 0 Å². The van der Waals surface area contributed by atoms with Crippen molar-refractivity contribution < 1.29 is 58.2 Å². The molecule has 0 aromatic heterocycles. The van der Waals surface area contributed by atoms with Crippen molar-refractivity contribution in [3.05, 3.63) is 0 Å². The molecule has 1 heterocycles. The average Bonchev–Trinajstić information content (AvgIpc) is 3.31. The van der Waals surface area contributed by atoms with Crippen LogP contribution < -0.4 is 76.1 Å². The van der Waals surface area contributed by atoms with Gasteiger partial charge in [0.15, 0.2) is 0 Å². The van der Waals surface area contributed by atoms with Gasteiger partial charge in [0.05, 0.1) is 18.8 Å². The Bertz CT molecular complexity index is 1780. The minimum absolute atomic E-state index is 0.0313. The Hall–Kier alpha value is -5.54. The van der Waals surface area contributed by atoms with Crippen LogP contribution in [0.2, 0.25) is 0 Å². The van der Waals surface area contributed by atoms with Crippen molar-refractivity contribution in [3.8, 4) is 0 Å². The highest BCUT2D eigenvalue weighted by Gasteiger charge is 2.36. The lowest BCUT2D eigenvalue weighted by Gasteiger charge is -2.28. The molecule has 404 valence electrons. The molecule has 0 aromatic carbocycles. The molecule has 10 amide bonds. The number of nitrogens with two attached hydrogens (primary N) is 4. The third kappa shape index (κ3) is 22.2. The second-order valence-corrected chi connectivity index (χ2v) is 18.7. The largest absolute Gasteiger partial charge is 0.391 e. The molecule has 26 heteroatoms. The number of amides is 10. The number of carbonyl (C=O) groups is 10. The number of rotatable bonds is 20. The van der Waals surface area contributed by atoms with E-state index in [1.807, 2.05) is 0 Å². The lowest BCUT2D eigenvalue weighted by molar-refractivity contribution is -0.136. The summed E-state index contributed by atoms with van der Waals surface area (Å²) in [6, 6.07) is -11.3. The predicted octanol–water partition coefficient (Wildman–Crippen LogP) is -5.94. The van der Waals surface area contributed by atoms with Gasteiger partial charge < -0.3 is 86.3 Å². The molecule has 0 spiro atoms. The first-order chi connectivity index (χ1) is 33.6. The molecule has 1 saturated heterocycles. The Morgan fingerprint density at radius 2 is 1.20 bits per heavy atom. The molecule has 2 rings (SSSR count). The monoisotopic (exact) mass is 1010 g/mol. The van der Waals surface area contributed by atoms with Crippen molar-refractivity contribution >= 4 is 59.1 Å². The molecule has 0 aromatic rings. The van der Waals surface area contributed by atoms with Crippen LogP contribution >= 0.6 is 0 Å². The molecule has 71 heavy (non-hydrogen) atoms. The zero-order valence-electron chi connectivity index (χ0n) is 41.6. The lowest BCUT2D eigenvalue weighted by atomic mass is 9.87. The smallest absolute Gasteiger partial charge is 0.245 e. The molecule has 1 saturated carbocycles. The van der Waals surface area contributed by atoms with E-state index in [0.29, 0.717) is 0 Å². The van der Waals surface area contributed by atoms with Crippen LogP contribution in [0.1, 0.15) is 111 Å². The van der Waals surface area contributed by atoms with E-state index in [4.69, 9.17) is 22.9 Å². The molecule has 0 radical (unpaired) electrons. The molecular formula is C45H82N14O12. The van der Waals surface area contributed by atoms with E-state index in [0.717, 1.165) is 32.1 Å². The van der Waals surface area contributed by atoms with E-state index < -0.39 is 139 Å². The third-order valence-electron chi connectivity index (χ3n) is 12.1. The first kappa shape index (κ1) is 61.6. The summed E-state index contributed by atoms with van der Waals surface area (Å²) in [7, 11) is 0. The zero-order valence-corrected chi connectivity index (χ0v) is 41.6. The summed E-state index contributed by atoms with van der Waals surface area (Å²) in [4.78, 5) is 136. The highest BCUT2D eigenvalue weighted by atomic mass is 16.3. The second kappa shape index (κ2) is 32.4. The molecule has 2 aliphatic rings. The summed E-state index contributed by atoms with van der Waals surface area (Å²) in [6.07, 6.45) is 1.52. The zero-order chi connectivity index (χ0) is 53.2. The molecule has 2 unspecified atom stereocenters. The Kier molecular flexibility index (Phi) is 28.1. The van der Waals surface area contributed by atoms with Crippen molar-refractivity contribution in [1.82, 2.24) is 53.2 Å². The van der Waals surface area contributed by atoms with Crippen LogP contribution in [0.4, 0.5) is 0 Å². The van der Waals surface area contributed by atoms with Gasteiger partial charge in [-0.05, 0) is 110 Å². The van der Waals surface area contributed by atoms with Crippen LogP contribution in [0.15, 0.2) is 0 Å². The Balaban J connectivity index is 2.53. The van der Waals surface area contributed by atoms with Crippen molar-refractivity contribution in [2.75, 3.05) is 39.3 Å². The summed E-state index contributed by atoms with van der Waals surface area (Å²) in [5.41, 5.74) is 23.1. The van der Waals surface area contributed by atoms with Gasteiger partial charge in [0.1, 0.15) is 48.3 Å². The van der Waals surface area contributed by atoms with E-state index in [1.165, 1.54) is 13.8 Å². The van der Waals surface area contributed by atoms with E-state index in [1.54, 1.807) is 13.8 Å². The highest BCUT2D eigenvalue weighted by molar-refractivity contribution is 5.98. The topological polar surface area (TPSA) is 436 Å². The van der Waals surface area contributed by atoms with Crippen molar-refractivity contribution in [2.24, 2.45) is 34.8 Å². The SMILES string of the molecule is CC(C)C[C@@H]1NC(=O)CNC(=O)[C@H](CCN)NC(=O)[C@@H](NC(=O)[C@H](CCN)NC(=O)[C@@H](NC(=O)CC2CCCCC2)C(C)O)CCNC(=O)[C@H](C(C)O)NC(=O)[C@H](CCN)NC(=O)[C@H](CCCN)NC1=O. The van der Waals surface area contributed by atoms with Crippen LogP contribution in [0.5, 0.6) is 0 Å². The van der Waals surface area contributed by atoms with Gasteiger partial charge in [0.2, 0.25) is 59.1 Å².